The van der Waals surface area contributed by atoms with Crippen LogP contribution < -0.4 is 4.90 Å². The minimum atomic E-state index is -0.600. The number of anilines is 1. The van der Waals surface area contributed by atoms with Gasteiger partial charge in [0.1, 0.15) is 4.88 Å². The maximum atomic E-state index is 11.7. The molecule has 2 heterocycles. The largest absolute Gasteiger partial charge is 0.464 e. The molecular weight excluding hydrogens is 290 g/mol. The summed E-state index contributed by atoms with van der Waals surface area (Å²) in [5.41, 5.74) is 1.09. The zero-order valence-corrected chi connectivity index (χ0v) is 12.8. The van der Waals surface area contributed by atoms with E-state index in [1.165, 1.54) is 25.4 Å². The van der Waals surface area contributed by atoms with Gasteiger partial charge in [-0.2, -0.15) is 0 Å². The second-order valence-electron chi connectivity index (χ2n) is 4.44. The molecule has 0 aliphatic carbocycles. The van der Waals surface area contributed by atoms with Gasteiger partial charge in [-0.25, -0.2) is 9.78 Å². The molecular formula is C14H15N3O3S. The molecule has 21 heavy (non-hydrogen) atoms. The average Bonchev–Trinajstić information content (AvgIpc) is 2.93. The van der Waals surface area contributed by atoms with Crippen molar-refractivity contribution in [1.82, 2.24) is 9.97 Å². The molecule has 6 nitrogen and oxygen atoms in total. The van der Waals surface area contributed by atoms with Crippen molar-refractivity contribution >= 4 is 28.2 Å². The van der Waals surface area contributed by atoms with Gasteiger partial charge in [0.15, 0.2) is 16.6 Å². The highest BCUT2D eigenvalue weighted by Gasteiger charge is 2.23. The number of thiazole rings is 1. The van der Waals surface area contributed by atoms with E-state index >= 15 is 0 Å². The minimum absolute atomic E-state index is 0.0723. The molecule has 0 amide bonds. The standard InChI is InChI=1S/C14H15N3O3S/c1-9(18)12-11(13(19)20-3)16-14(21-12)17(2)8-10-5-4-6-15-7-10/h4-7H,8H2,1-3H3. The lowest BCUT2D eigenvalue weighted by Gasteiger charge is -2.15. The van der Waals surface area contributed by atoms with E-state index in [9.17, 15) is 9.59 Å². The zero-order valence-electron chi connectivity index (χ0n) is 12.0. The fraction of sp³-hybridized carbons (Fsp3) is 0.286. The predicted molar refractivity (Wildman–Crippen MR) is 79.8 cm³/mol. The number of Topliss-reactive ketones (excluding diaryl/α,β-unsaturated/α-hetero) is 1. The Morgan fingerprint density at radius 2 is 2.19 bits per heavy atom. The Bertz CT molecular complexity index is 655. The van der Waals surface area contributed by atoms with Crippen LogP contribution in [-0.2, 0) is 11.3 Å². The first-order valence-corrected chi connectivity index (χ1v) is 7.04. The number of ketones is 1. The maximum Gasteiger partial charge on any atom is 0.358 e. The quantitative estimate of drug-likeness (QED) is 0.622. The Labute approximate surface area is 126 Å². The number of pyridine rings is 1. The molecule has 0 unspecified atom stereocenters. The third-order valence-electron chi connectivity index (χ3n) is 2.78. The first-order chi connectivity index (χ1) is 10.0. The van der Waals surface area contributed by atoms with E-state index in [4.69, 9.17) is 0 Å². The molecule has 2 aromatic heterocycles. The van der Waals surface area contributed by atoms with Gasteiger partial charge in [-0.05, 0) is 11.6 Å². The predicted octanol–water partition coefficient (Wildman–Crippen LogP) is 2.16. The molecule has 0 fully saturated rings. The molecule has 0 atom stereocenters. The van der Waals surface area contributed by atoms with Crippen LogP contribution in [0, 0.1) is 0 Å². The highest BCUT2D eigenvalue weighted by Crippen LogP contribution is 2.27. The summed E-state index contributed by atoms with van der Waals surface area (Å²) in [5, 5.41) is 0.587. The Balaban J connectivity index is 2.27. The van der Waals surface area contributed by atoms with Gasteiger partial charge < -0.3 is 9.64 Å². The molecule has 2 aromatic rings. The van der Waals surface area contributed by atoms with Crippen LogP contribution in [0.3, 0.4) is 0 Å². The Morgan fingerprint density at radius 1 is 1.43 bits per heavy atom. The van der Waals surface area contributed by atoms with Crippen molar-refractivity contribution in [2.45, 2.75) is 13.5 Å². The maximum absolute atomic E-state index is 11.7. The highest BCUT2D eigenvalue weighted by molar-refractivity contribution is 7.17. The second kappa shape index (κ2) is 6.45. The summed E-state index contributed by atoms with van der Waals surface area (Å²) in [7, 11) is 3.11. The normalized spacial score (nSPS) is 10.2. The van der Waals surface area contributed by atoms with E-state index in [0.29, 0.717) is 16.6 Å². The van der Waals surface area contributed by atoms with E-state index in [1.807, 2.05) is 24.1 Å². The number of methoxy groups -OCH3 is 1. The van der Waals surface area contributed by atoms with Crippen molar-refractivity contribution < 1.29 is 14.3 Å². The number of carbonyl (C=O) groups excluding carboxylic acids is 2. The van der Waals surface area contributed by atoms with Crippen LogP contribution in [0.1, 0.15) is 32.6 Å². The van der Waals surface area contributed by atoms with E-state index in [0.717, 1.165) is 5.56 Å². The third kappa shape index (κ3) is 3.43. The summed E-state index contributed by atoms with van der Waals surface area (Å²) in [4.78, 5) is 33.7. The van der Waals surface area contributed by atoms with E-state index in [1.54, 1.807) is 12.4 Å². The van der Waals surface area contributed by atoms with Crippen LogP contribution in [-0.4, -0.2) is 35.9 Å². The van der Waals surface area contributed by atoms with Gasteiger partial charge in [0.05, 0.1) is 7.11 Å². The fourth-order valence-electron chi connectivity index (χ4n) is 1.78. The molecule has 0 saturated heterocycles. The van der Waals surface area contributed by atoms with Crippen molar-refractivity contribution in [1.29, 1.82) is 0 Å². The van der Waals surface area contributed by atoms with Gasteiger partial charge in [-0.15, -0.1) is 0 Å². The zero-order chi connectivity index (χ0) is 15.4. The number of aromatic nitrogens is 2. The van der Waals surface area contributed by atoms with E-state index in [2.05, 4.69) is 14.7 Å². The molecule has 0 aliphatic rings. The van der Waals surface area contributed by atoms with Crippen molar-refractivity contribution in [3.05, 3.63) is 40.7 Å². The first-order valence-electron chi connectivity index (χ1n) is 6.23. The number of carbonyl (C=O) groups is 2. The molecule has 110 valence electrons. The average molecular weight is 305 g/mol. The summed E-state index contributed by atoms with van der Waals surface area (Å²) in [6.07, 6.45) is 3.47. The summed E-state index contributed by atoms with van der Waals surface area (Å²) in [6, 6.07) is 3.80. The summed E-state index contributed by atoms with van der Waals surface area (Å²) in [6.45, 7) is 1.99. The Hall–Kier alpha value is -2.28. The minimum Gasteiger partial charge on any atom is -0.464 e. The SMILES string of the molecule is COC(=O)c1nc(N(C)Cc2cccnc2)sc1C(C)=O. The number of ether oxygens (including phenoxy) is 1. The lowest BCUT2D eigenvalue weighted by molar-refractivity contribution is 0.0591. The molecule has 0 radical (unpaired) electrons. The second-order valence-corrected chi connectivity index (χ2v) is 5.42. The molecule has 2 rings (SSSR count). The number of hydrogen-bond acceptors (Lipinski definition) is 7. The van der Waals surface area contributed by atoms with Crippen molar-refractivity contribution in [3.8, 4) is 0 Å². The van der Waals surface area contributed by atoms with Crippen LogP contribution in [0.25, 0.3) is 0 Å². The summed E-state index contributed by atoms with van der Waals surface area (Å²) >= 11 is 1.18. The summed E-state index contributed by atoms with van der Waals surface area (Å²) in [5.74, 6) is -0.800. The van der Waals surface area contributed by atoms with Gasteiger partial charge in [-0.1, -0.05) is 17.4 Å². The van der Waals surface area contributed by atoms with Crippen LogP contribution >= 0.6 is 11.3 Å². The Kier molecular flexibility index (Phi) is 4.64. The number of hydrogen-bond donors (Lipinski definition) is 0. The van der Waals surface area contributed by atoms with Crippen LogP contribution in [0.2, 0.25) is 0 Å². The molecule has 0 aliphatic heterocycles. The number of rotatable bonds is 5. The summed E-state index contributed by atoms with van der Waals surface area (Å²) < 4.78 is 4.66. The molecule has 0 bridgehead atoms. The number of nitrogens with zero attached hydrogens (tertiary/aromatic N) is 3. The van der Waals surface area contributed by atoms with Crippen LogP contribution in [0.15, 0.2) is 24.5 Å². The van der Waals surface area contributed by atoms with Gasteiger partial charge in [0, 0.05) is 32.9 Å². The molecule has 0 saturated carbocycles. The van der Waals surface area contributed by atoms with Crippen LogP contribution in [0.5, 0.6) is 0 Å². The van der Waals surface area contributed by atoms with Gasteiger partial charge >= 0.3 is 5.97 Å². The van der Waals surface area contributed by atoms with Crippen molar-refractivity contribution in [3.63, 3.8) is 0 Å². The topological polar surface area (TPSA) is 72.4 Å². The first kappa shape index (κ1) is 15.1. The number of esters is 1. The van der Waals surface area contributed by atoms with E-state index in [-0.39, 0.29) is 11.5 Å². The fourth-order valence-corrected chi connectivity index (χ4v) is 2.69. The molecule has 7 heteroatoms. The third-order valence-corrected chi connectivity index (χ3v) is 4.05. The van der Waals surface area contributed by atoms with Crippen molar-refractivity contribution in [2.75, 3.05) is 19.1 Å². The highest BCUT2D eigenvalue weighted by atomic mass is 32.1. The lowest BCUT2D eigenvalue weighted by Crippen LogP contribution is -2.16. The molecule has 0 spiro atoms. The van der Waals surface area contributed by atoms with Crippen molar-refractivity contribution in [2.24, 2.45) is 0 Å². The Morgan fingerprint density at radius 3 is 2.76 bits per heavy atom. The molecule has 0 N–H and O–H groups in total. The van der Waals surface area contributed by atoms with Crippen LogP contribution in [0.4, 0.5) is 5.13 Å². The van der Waals surface area contributed by atoms with E-state index < -0.39 is 5.97 Å². The van der Waals surface area contributed by atoms with Gasteiger partial charge in [-0.3, -0.25) is 9.78 Å². The monoisotopic (exact) mass is 305 g/mol. The van der Waals surface area contributed by atoms with Gasteiger partial charge in [0.2, 0.25) is 0 Å². The lowest BCUT2D eigenvalue weighted by atomic mass is 10.3. The van der Waals surface area contributed by atoms with Gasteiger partial charge in [0.25, 0.3) is 0 Å². The molecule has 0 aromatic carbocycles. The smallest absolute Gasteiger partial charge is 0.358 e.